The summed E-state index contributed by atoms with van der Waals surface area (Å²) in [5, 5.41) is 15.6. The first kappa shape index (κ1) is 30.8. The van der Waals surface area contributed by atoms with Crippen molar-refractivity contribution in [3.8, 4) is 27.9 Å². The molecule has 5 nitrogen and oxygen atoms in total. The normalized spacial score (nSPS) is 14.5. The van der Waals surface area contributed by atoms with Gasteiger partial charge in [0.15, 0.2) is 7.14 Å². The van der Waals surface area contributed by atoms with Crippen LogP contribution in [-0.4, -0.2) is 23.0 Å². The van der Waals surface area contributed by atoms with E-state index in [0.717, 1.165) is 55.8 Å². The van der Waals surface area contributed by atoms with E-state index in [0.29, 0.717) is 0 Å². The molecule has 2 heterocycles. The molecule has 0 aliphatic carbocycles. The van der Waals surface area contributed by atoms with Gasteiger partial charge in [0.25, 0.3) is 0 Å². The minimum atomic E-state index is -2.94. The van der Waals surface area contributed by atoms with Crippen molar-refractivity contribution in [2.24, 2.45) is 0 Å². The monoisotopic (exact) mass is 768 g/mol. The molecular weight excluding hydrogens is 740 g/mol. The average molecular weight is 768 g/mol. The number of anilines is 1. The zero-order valence-corrected chi connectivity index (χ0v) is 27.2. The maximum absolute atomic E-state index is 14.6. The van der Waals surface area contributed by atoms with Crippen molar-refractivity contribution in [2.45, 2.75) is 0 Å². The summed E-state index contributed by atoms with van der Waals surface area (Å²) in [6, 6.07) is 46.0. The first-order valence-corrected chi connectivity index (χ1v) is 15.6. The predicted octanol–water partition coefficient (Wildman–Crippen LogP) is 7.03. The average Bonchev–Trinajstić information content (AvgIpc) is 3.71. The van der Waals surface area contributed by atoms with Gasteiger partial charge in [0.2, 0.25) is 0 Å². The molecule has 7 rings (SSSR count). The Morgan fingerprint density at radius 2 is 1.57 bits per heavy atom. The number of benzene rings is 5. The van der Waals surface area contributed by atoms with E-state index >= 15 is 0 Å². The zero-order chi connectivity index (χ0) is 29.6. The van der Waals surface area contributed by atoms with E-state index in [1.165, 1.54) is 0 Å². The molecule has 0 N–H and O–H groups in total. The third kappa shape index (κ3) is 6.06. The Morgan fingerprint density at radius 3 is 2.27 bits per heavy atom. The summed E-state index contributed by atoms with van der Waals surface area (Å²) < 4.78 is 16.4. The van der Waals surface area contributed by atoms with Gasteiger partial charge in [-0.25, -0.2) is 0 Å². The van der Waals surface area contributed by atoms with Gasteiger partial charge in [0, 0.05) is 35.4 Å². The van der Waals surface area contributed by atoms with Gasteiger partial charge in [0.1, 0.15) is 0 Å². The van der Waals surface area contributed by atoms with Crippen molar-refractivity contribution < 1.29 is 24.7 Å². The van der Waals surface area contributed by atoms with Crippen molar-refractivity contribution in [1.29, 1.82) is 0 Å². The molecule has 1 atom stereocenters. The number of fused-ring (bicyclic) bond motifs is 3. The molecule has 1 unspecified atom stereocenters. The predicted molar refractivity (Wildman–Crippen MR) is 178 cm³/mol. The molecule has 216 valence electrons. The summed E-state index contributed by atoms with van der Waals surface area (Å²) >= 11 is 0. The van der Waals surface area contributed by atoms with Crippen LogP contribution in [0.25, 0.3) is 33.4 Å². The number of para-hydroxylation sites is 1. The Labute approximate surface area is 271 Å². The molecule has 0 saturated carbocycles. The van der Waals surface area contributed by atoms with Crippen molar-refractivity contribution in [2.75, 3.05) is 11.9 Å². The quantitative estimate of drug-likeness (QED) is 0.104. The van der Waals surface area contributed by atoms with E-state index < -0.39 is 7.14 Å². The largest absolute Gasteiger partial charge is 3.00 e. The van der Waals surface area contributed by atoms with Crippen LogP contribution in [-0.2, 0) is 24.7 Å². The molecule has 1 aromatic heterocycles. The van der Waals surface area contributed by atoms with Gasteiger partial charge in [-0.2, -0.15) is 53.8 Å². The van der Waals surface area contributed by atoms with Crippen LogP contribution in [0.1, 0.15) is 0 Å². The zero-order valence-electron chi connectivity index (χ0n) is 23.9. The van der Waals surface area contributed by atoms with Gasteiger partial charge in [-0.15, -0.1) is 17.7 Å². The summed E-state index contributed by atoms with van der Waals surface area (Å²) in [4.78, 5) is 1.87. The second kappa shape index (κ2) is 13.8. The van der Waals surface area contributed by atoms with Crippen LogP contribution in [0.2, 0.25) is 0 Å². The van der Waals surface area contributed by atoms with Crippen LogP contribution >= 0.6 is 7.14 Å². The maximum Gasteiger partial charge on any atom is 3.00 e. The first-order valence-electron chi connectivity index (χ1n) is 13.9. The third-order valence-corrected chi connectivity index (χ3v) is 10.5. The Morgan fingerprint density at radius 1 is 0.818 bits per heavy atom. The molecular formula is C37H28IrN4OP. The van der Waals surface area contributed by atoms with E-state index in [-0.39, 0.29) is 20.1 Å². The van der Waals surface area contributed by atoms with Crippen molar-refractivity contribution in [1.82, 2.24) is 9.78 Å². The van der Waals surface area contributed by atoms with Gasteiger partial charge < -0.3 is 14.9 Å². The van der Waals surface area contributed by atoms with Crippen LogP contribution in [0.5, 0.6) is 0 Å². The van der Waals surface area contributed by atoms with Crippen LogP contribution in [0.4, 0.5) is 5.69 Å². The van der Waals surface area contributed by atoms with E-state index in [9.17, 15) is 4.57 Å². The summed E-state index contributed by atoms with van der Waals surface area (Å²) in [7, 11) is -1.05. The Kier molecular flexibility index (Phi) is 9.67. The second-order valence-corrected chi connectivity index (χ2v) is 12.7. The van der Waals surface area contributed by atoms with Crippen LogP contribution in [0, 0.1) is 12.1 Å². The first-order chi connectivity index (χ1) is 21.1. The van der Waals surface area contributed by atoms with E-state index in [4.69, 9.17) is 5.41 Å². The van der Waals surface area contributed by atoms with Gasteiger partial charge >= 0.3 is 20.1 Å². The fourth-order valence-electron chi connectivity index (χ4n) is 5.22. The minimum absolute atomic E-state index is 0. The number of hydrogen-bond donors (Lipinski definition) is 0. The van der Waals surface area contributed by atoms with Gasteiger partial charge in [-0.3, -0.25) is 4.68 Å². The van der Waals surface area contributed by atoms with E-state index in [1.807, 2.05) is 115 Å². The van der Waals surface area contributed by atoms with Crippen molar-refractivity contribution >= 4 is 35.0 Å². The number of nitrogens with zero attached hydrogens (tertiary/aromatic N) is 4. The molecule has 7 heteroatoms. The molecule has 1 aliphatic heterocycles. The van der Waals surface area contributed by atoms with Crippen molar-refractivity contribution in [3.05, 3.63) is 164 Å². The standard InChI is InChI=1S/C28H21N2OP.C9H7N2.Ir/c1-30(19-7-18-29)23-15-12-21(13-16-23)22-14-17-26-25-10-5-6-11-27(25)32(31,28(26)20-22)24-8-3-2-4-9-24;1-2-5-9(6-3-1)11-8-4-7-10-11;/h2-15,17-20H,1H3;1-5,7-8H;/q-2;-1;+3/b19-7-;;. The molecule has 44 heavy (non-hydrogen) atoms. The molecule has 0 fully saturated rings. The summed E-state index contributed by atoms with van der Waals surface area (Å²) in [5.74, 6) is 0. The fourth-order valence-corrected chi connectivity index (χ4v) is 8.32. The molecule has 0 saturated heterocycles. The summed E-state index contributed by atoms with van der Waals surface area (Å²) in [5.41, 5.74) is 5.97. The van der Waals surface area contributed by atoms with Gasteiger partial charge in [0.05, 0.1) is 0 Å². The summed E-state index contributed by atoms with van der Waals surface area (Å²) in [6.45, 7) is 0. The molecule has 0 radical (unpaired) electrons. The fraction of sp³-hybridized carbons (Fsp3) is 0.0270. The number of allylic oxidation sites excluding steroid dienone is 1. The number of rotatable bonds is 6. The Hall–Kier alpha value is -4.60. The molecule has 0 amide bonds. The van der Waals surface area contributed by atoms with E-state index in [2.05, 4.69) is 41.5 Å². The van der Waals surface area contributed by atoms with Gasteiger partial charge in [-0.05, 0) is 29.1 Å². The molecule has 6 aromatic rings. The second-order valence-electron chi connectivity index (χ2n) is 9.96. The molecule has 0 spiro atoms. The minimum Gasteiger partial charge on any atom is -0.811 e. The SMILES string of the molecule is CN(/C=C\C=[N-])c1[c-]cc(-c2ccc3c(c2)P(=O)(c2ccccc2)c2ccccc2-3)cc1.[Ir+3].[c-]1ccccc1-n1cccn1. The molecule has 1 aliphatic rings. The molecule has 5 aromatic carbocycles. The smallest absolute Gasteiger partial charge is 0.811 e. The van der Waals surface area contributed by atoms with Crippen LogP contribution in [0.3, 0.4) is 0 Å². The van der Waals surface area contributed by atoms with Crippen LogP contribution < -0.4 is 20.8 Å². The maximum atomic E-state index is 14.6. The number of aromatic nitrogens is 2. The van der Waals surface area contributed by atoms with Gasteiger partial charge in [-0.1, -0.05) is 90.1 Å². The Balaban J connectivity index is 0.000000269. The van der Waals surface area contributed by atoms with Crippen LogP contribution in [0.15, 0.2) is 146 Å². The molecule has 0 bridgehead atoms. The van der Waals surface area contributed by atoms with Crippen molar-refractivity contribution in [3.63, 3.8) is 0 Å². The third-order valence-electron chi connectivity index (χ3n) is 7.34. The number of hydrogen-bond acceptors (Lipinski definition) is 3. The van der Waals surface area contributed by atoms with E-state index in [1.54, 1.807) is 23.2 Å². The topological polar surface area (TPSA) is 60.4 Å². The summed E-state index contributed by atoms with van der Waals surface area (Å²) in [6.07, 6.45) is 7.96. The Bertz CT molecular complexity index is 1920.